The van der Waals surface area contributed by atoms with Gasteiger partial charge in [-0.1, -0.05) is 6.92 Å². The van der Waals surface area contributed by atoms with Crippen LogP contribution in [0.15, 0.2) is 0 Å². The van der Waals surface area contributed by atoms with E-state index in [-0.39, 0.29) is 22.2 Å². The van der Waals surface area contributed by atoms with Crippen molar-refractivity contribution in [3.05, 3.63) is 0 Å². The van der Waals surface area contributed by atoms with E-state index in [2.05, 4.69) is 6.92 Å². The lowest BCUT2D eigenvalue weighted by Crippen LogP contribution is -2.60. The number of aliphatic hydroxyl groups is 1. The summed E-state index contributed by atoms with van der Waals surface area (Å²) in [5, 5.41) is 10.7. The van der Waals surface area contributed by atoms with Gasteiger partial charge in [-0.15, -0.1) is 0 Å². The summed E-state index contributed by atoms with van der Waals surface area (Å²) in [5.74, 6) is 2.28. The summed E-state index contributed by atoms with van der Waals surface area (Å²) in [4.78, 5) is 0. The average Bonchev–Trinajstić information content (AvgIpc) is 3.43. The summed E-state index contributed by atoms with van der Waals surface area (Å²) < 4.78 is 24.1. The number of ether oxygens (including phenoxy) is 4. The van der Waals surface area contributed by atoms with E-state index in [0.717, 1.165) is 51.4 Å². The van der Waals surface area contributed by atoms with Crippen LogP contribution in [-0.2, 0) is 18.9 Å². The van der Waals surface area contributed by atoms with E-state index in [1.165, 1.54) is 32.1 Å². The Balaban J connectivity index is 1.30. The molecule has 2 aliphatic heterocycles. The lowest BCUT2D eigenvalue weighted by atomic mass is 9.44. The van der Waals surface area contributed by atoms with Crippen molar-refractivity contribution in [2.75, 3.05) is 33.2 Å². The Labute approximate surface area is 168 Å². The third-order valence-corrected chi connectivity index (χ3v) is 10.5. The number of rotatable bonds is 1. The van der Waals surface area contributed by atoms with Crippen molar-refractivity contribution >= 4 is 0 Å². The van der Waals surface area contributed by atoms with Crippen molar-refractivity contribution in [1.82, 2.24) is 0 Å². The topological polar surface area (TPSA) is 57.2 Å². The highest BCUT2D eigenvalue weighted by molar-refractivity contribution is 5.16. The van der Waals surface area contributed by atoms with E-state index < -0.39 is 0 Å². The zero-order valence-corrected chi connectivity index (χ0v) is 17.3. The molecule has 2 saturated heterocycles. The van der Waals surface area contributed by atoms with E-state index in [1.807, 2.05) is 0 Å². The maximum absolute atomic E-state index is 10.7. The molecule has 2 spiro atoms. The van der Waals surface area contributed by atoms with E-state index in [9.17, 15) is 5.11 Å². The molecule has 0 aromatic carbocycles. The molecule has 0 bridgehead atoms. The van der Waals surface area contributed by atoms with Gasteiger partial charge in [0.15, 0.2) is 5.79 Å². The van der Waals surface area contributed by atoms with Gasteiger partial charge in [0.2, 0.25) is 0 Å². The normalized spacial score (nSPS) is 54.6. The molecule has 0 aromatic rings. The van der Waals surface area contributed by atoms with Crippen molar-refractivity contribution < 1.29 is 24.1 Å². The molecule has 158 valence electrons. The molecular formula is C23H36O5. The molecule has 0 amide bonds. The van der Waals surface area contributed by atoms with Gasteiger partial charge in [0.05, 0.1) is 19.8 Å². The molecule has 6 rings (SSSR count). The Bertz CT molecular complexity index is 624. The Morgan fingerprint density at radius 2 is 1.71 bits per heavy atom. The van der Waals surface area contributed by atoms with Crippen LogP contribution in [0.25, 0.3) is 0 Å². The van der Waals surface area contributed by atoms with E-state index in [0.29, 0.717) is 31.2 Å². The van der Waals surface area contributed by atoms with Gasteiger partial charge in [0.1, 0.15) is 12.4 Å². The van der Waals surface area contributed by atoms with Gasteiger partial charge in [-0.05, 0) is 74.0 Å². The van der Waals surface area contributed by atoms with Crippen molar-refractivity contribution in [1.29, 1.82) is 0 Å². The Hall–Kier alpha value is -0.200. The van der Waals surface area contributed by atoms with Crippen LogP contribution >= 0.6 is 0 Å². The fourth-order valence-electron chi connectivity index (χ4n) is 9.04. The maximum Gasteiger partial charge on any atom is 0.168 e. The third kappa shape index (κ3) is 2.21. The Kier molecular flexibility index (Phi) is 4.09. The number of hydrogen-bond acceptors (Lipinski definition) is 5. The summed E-state index contributed by atoms with van der Waals surface area (Å²) in [6.07, 6.45) is 10.4. The lowest BCUT2D eigenvalue weighted by Gasteiger charge is -2.62. The Morgan fingerprint density at radius 1 is 0.893 bits per heavy atom. The van der Waals surface area contributed by atoms with Gasteiger partial charge in [-0.25, -0.2) is 0 Å². The third-order valence-electron chi connectivity index (χ3n) is 10.5. The fraction of sp³-hybridized carbons (Fsp3) is 1.00. The van der Waals surface area contributed by atoms with Gasteiger partial charge < -0.3 is 24.1 Å². The predicted molar refractivity (Wildman–Crippen MR) is 102 cm³/mol. The van der Waals surface area contributed by atoms with Crippen LogP contribution in [0.2, 0.25) is 0 Å². The molecule has 0 aromatic heterocycles. The van der Waals surface area contributed by atoms with Crippen LogP contribution in [0.4, 0.5) is 0 Å². The van der Waals surface area contributed by atoms with Crippen molar-refractivity contribution in [3.63, 3.8) is 0 Å². The largest absolute Gasteiger partial charge is 0.396 e. The molecule has 5 heteroatoms. The summed E-state index contributed by atoms with van der Waals surface area (Å²) >= 11 is 0. The second-order valence-corrected chi connectivity index (χ2v) is 11.0. The first-order chi connectivity index (χ1) is 13.6. The van der Waals surface area contributed by atoms with Gasteiger partial charge in [0, 0.05) is 24.9 Å². The second-order valence-electron chi connectivity index (χ2n) is 11.0. The minimum Gasteiger partial charge on any atom is -0.396 e. The summed E-state index contributed by atoms with van der Waals surface area (Å²) in [6.45, 7) is 5.54. The minimum atomic E-state index is -0.341. The average molecular weight is 393 g/mol. The van der Waals surface area contributed by atoms with Crippen LogP contribution < -0.4 is 0 Å². The quantitative estimate of drug-likeness (QED) is 0.740. The van der Waals surface area contributed by atoms with Crippen molar-refractivity contribution in [3.8, 4) is 0 Å². The van der Waals surface area contributed by atoms with Crippen LogP contribution in [0.3, 0.4) is 0 Å². The highest BCUT2D eigenvalue weighted by Gasteiger charge is 2.68. The second kappa shape index (κ2) is 6.16. The molecule has 1 N–H and O–H groups in total. The number of aliphatic hydroxyl groups excluding tert-OH is 1. The Morgan fingerprint density at radius 3 is 2.46 bits per heavy atom. The predicted octanol–water partition coefficient (Wildman–Crippen LogP) is 3.49. The van der Waals surface area contributed by atoms with Gasteiger partial charge in [-0.2, -0.15) is 0 Å². The van der Waals surface area contributed by atoms with E-state index in [4.69, 9.17) is 18.9 Å². The van der Waals surface area contributed by atoms with Gasteiger partial charge >= 0.3 is 0 Å². The minimum absolute atomic E-state index is 0.0476. The molecule has 6 aliphatic rings. The standard InChI is InChI=1S/C23H36O5/c1-20-6-4-19-17(18(20)5-7-22(20)14-25-15-28-22)3-2-16-12-23(26-10-11-27-23)9-8-21(16,19)13-24/h16-19,24H,2-15H2,1H3/t16-,17+,18+,19+,20+,21-,22?/m1/s1. The summed E-state index contributed by atoms with van der Waals surface area (Å²) in [7, 11) is 0. The number of hydrogen-bond donors (Lipinski definition) is 1. The molecule has 4 aliphatic carbocycles. The first-order valence-electron chi connectivity index (χ1n) is 11.7. The zero-order valence-electron chi connectivity index (χ0n) is 17.3. The van der Waals surface area contributed by atoms with Crippen molar-refractivity contribution in [2.45, 2.75) is 76.1 Å². The van der Waals surface area contributed by atoms with E-state index in [1.54, 1.807) is 0 Å². The smallest absolute Gasteiger partial charge is 0.168 e. The van der Waals surface area contributed by atoms with Crippen LogP contribution in [0, 0.1) is 34.5 Å². The van der Waals surface area contributed by atoms with Gasteiger partial charge in [-0.3, -0.25) is 0 Å². The molecular weight excluding hydrogens is 356 g/mol. The van der Waals surface area contributed by atoms with E-state index >= 15 is 0 Å². The summed E-state index contributed by atoms with van der Waals surface area (Å²) in [6, 6.07) is 0. The lowest BCUT2D eigenvalue weighted by molar-refractivity contribution is -0.242. The molecule has 2 heterocycles. The molecule has 4 saturated carbocycles. The first-order valence-corrected chi connectivity index (χ1v) is 11.7. The zero-order chi connectivity index (χ0) is 19.0. The molecule has 7 atom stereocenters. The van der Waals surface area contributed by atoms with Crippen molar-refractivity contribution in [2.24, 2.45) is 34.5 Å². The monoisotopic (exact) mass is 392 g/mol. The molecule has 0 radical (unpaired) electrons. The fourth-order valence-corrected chi connectivity index (χ4v) is 9.04. The molecule has 28 heavy (non-hydrogen) atoms. The highest BCUT2D eigenvalue weighted by Crippen LogP contribution is 2.70. The highest BCUT2D eigenvalue weighted by atomic mass is 16.7. The molecule has 5 nitrogen and oxygen atoms in total. The van der Waals surface area contributed by atoms with Gasteiger partial charge in [0.25, 0.3) is 0 Å². The van der Waals surface area contributed by atoms with Crippen LogP contribution in [0.5, 0.6) is 0 Å². The SMILES string of the molecule is C[C@]12CC[C@H]3[C@@H](CC[C@@H]4CC5(CC[C@@]43CO)OCCO5)[C@@H]1CCC21COCO1. The van der Waals surface area contributed by atoms with Crippen LogP contribution in [-0.4, -0.2) is 49.7 Å². The van der Waals surface area contributed by atoms with Crippen LogP contribution in [0.1, 0.15) is 64.7 Å². The molecule has 6 fully saturated rings. The first kappa shape index (κ1) is 18.6. The maximum atomic E-state index is 10.7. The number of fused-ring (bicyclic) bond motifs is 6. The molecule has 1 unspecified atom stereocenters. The summed E-state index contributed by atoms with van der Waals surface area (Å²) in [5.41, 5.74) is 0.267.